The summed E-state index contributed by atoms with van der Waals surface area (Å²) in [6.07, 6.45) is 6.99. The Balaban J connectivity index is 1.63. The minimum Gasteiger partial charge on any atom is -0.379 e. The van der Waals surface area contributed by atoms with E-state index in [1.807, 2.05) is 0 Å². The zero-order valence-corrected chi connectivity index (χ0v) is 13.3. The van der Waals surface area contributed by atoms with Crippen LogP contribution in [0.15, 0.2) is 18.2 Å². The molecule has 0 unspecified atom stereocenters. The van der Waals surface area contributed by atoms with Gasteiger partial charge in [-0.25, -0.2) is 4.98 Å². The zero-order chi connectivity index (χ0) is 14.7. The number of nitrogens with one attached hydrogen (secondary N) is 2. The van der Waals surface area contributed by atoms with Crippen molar-refractivity contribution in [2.45, 2.75) is 52.0 Å². The van der Waals surface area contributed by atoms with Gasteiger partial charge in [0.25, 0.3) is 0 Å². The van der Waals surface area contributed by atoms with Gasteiger partial charge in [0.2, 0.25) is 0 Å². The third-order valence-corrected chi connectivity index (χ3v) is 4.42. The van der Waals surface area contributed by atoms with Gasteiger partial charge in [0.1, 0.15) is 5.82 Å². The van der Waals surface area contributed by atoms with Crippen molar-refractivity contribution in [1.29, 1.82) is 0 Å². The Morgan fingerprint density at radius 2 is 2.14 bits per heavy atom. The van der Waals surface area contributed by atoms with Gasteiger partial charge >= 0.3 is 0 Å². The zero-order valence-electron chi connectivity index (χ0n) is 12.5. The molecule has 0 saturated carbocycles. The molecule has 21 heavy (non-hydrogen) atoms. The fourth-order valence-corrected chi connectivity index (χ4v) is 3.11. The summed E-state index contributed by atoms with van der Waals surface area (Å²) in [5.74, 6) is 0.993. The first-order valence-corrected chi connectivity index (χ1v) is 8.23. The number of nitrogens with zero attached hydrogens (tertiary/aromatic N) is 1. The van der Waals surface area contributed by atoms with Crippen molar-refractivity contribution in [3.8, 4) is 0 Å². The fourth-order valence-electron chi connectivity index (χ4n) is 2.89. The maximum absolute atomic E-state index is 6.20. The summed E-state index contributed by atoms with van der Waals surface area (Å²) in [5, 5.41) is 4.04. The van der Waals surface area contributed by atoms with Crippen LogP contribution >= 0.6 is 11.6 Å². The molecule has 2 N–H and O–H groups in total. The monoisotopic (exact) mass is 303 g/mol. The van der Waals surface area contributed by atoms with E-state index in [0.717, 1.165) is 30.0 Å². The van der Waals surface area contributed by atoms with Gasteiger partial charge in [0, 0.05) is 12.1 Å². The van der Waals surface area contributed by atoms with Crippen LogP contribution < -0.4 is 5.32 Å². The quantitative estimate of drug-likeness (QED) is 0.824. The molecule has 0 fully saturated rings. The SMILES string of the molecule is CCCCc1nc(Cl)c(CNc2ccc3c(c2)CCC3)[nH]1. The topological polar surface area (TPSA) is 40.7 Å². The Hall–Kier alpha value is -1.48. The van der Waals surface area contributed by atoms with Crippen molar-refractivity contribution < 1.29 is 0 Å². The number of benzene rings is 1. The van der Waals surface area contributed by atoms with Crippen LogP contribution in [0.1, 0.15) is 48.8 Å². The Kier molecular flexibility index (Phi) is 4.49. The number of H-pyrrole nitrogens is 1. The van der Waals surface area contributed by atoms with E-state index in [0.29, 0.717) is 11.7 Å². The molecule has 0 saturated heterocycles. The van der Waals surface area contributed by atoms with Gasteiger partial charge < -0.3 is 10.3 Å². The smallest absolute Gasteiger partial charge is 0.152 e. The largest absolute Gasteiger partial charge is 0.379 e. The molecule has 1 heterocycles. The van der Waals surface area contributed by atoms with Gasteiger partial charge in [-0.3, -0.25) is 0 Å². The van der Waals surface area contributed by atoms with Gasteiger partial charge in [-0.1, -0.05) is 31.0 Å². The van der Waals surface area contributed by atoms with Gasteiger partial charge in [-0.05, 0) is 48.9 Å². The first-order chi connectivity index (χ1) is 10.3. The maximum Gasteiger partial charge on any atom is 0.152 e. The Bertz CT molecular complexity index is 618. The standard InChI is InChI=1S/C17H22ClN3/c1-2-3-7-16-20-15(17(18)21-16)11-19-14-9-8-12-5-4-6-13(12)10-14/h8-10,19H,2-7,11H2,1H3,(H,20,21). The van der Waals surface area contributed by atoms with Crippen LogP contribution in [-0.4, -0.2) is 9.97 Å². The second kappa shape index (κ2) is 6.52. The van der Waals surface area contributed by atoms with Crippen LogP contribution in [0.25, 0.3) is 0 Å². The van der Waals surface area contributed by atoms with Crippen molar-refractivity contribution in [2.24, 2.45) is 0 Å². The van der Waals surface area contributed by atoms with Gasteiger partial charge in [-0.15, -0.1) is 0 Å². The Labute approximate surface area is 131 Å². The normalized spacial score (nSPS) is 13.4. The van der Waals surface area contributed by atoms with Crippen molar-refractivity contribution in [3.63, 3.8) is 0 Å². The summed E-state index contributed by atoms with van der Waals surface area (Å²) < 4.78 is 0. The first kappa shape index (κ1) is 14.5. The van der Waals surface area contributed by atoms with Crippen LogP contribution in [0.2, 0.25) is 5.15 Å². The van der Waals surface area contributed by atoms with E-state index in [9.17, 15) is 0 Å². The number of unbranched alkanes of at least 4 members (excludes halogenated alkanes) is 1. The third kappa shape index (κ3) is 3.41. The molecule has 0 bridgehead atoms. The second-order valence-corrected chi connectivity index (χ2v) is 6.11. The molecule has 0 atom stereocenters. The van der Waals surface area contributed by atoms with Crippen molar-refractivity contribution in [2.75, 3.05) is 5.32 Å². The highest BCUT2D eigenvalue weighted by atomic mass is 35.5. The highest BCUT2D eigenvalue weighted by Gasteiger charge is 2.11. The van der Waals surface area contributed by atoms with E-state index in [4.69, 9.17) is 11.6 Å². The molecule has 1 aliphatic carbocycles. The van der Waals surface area contributed by atoms with Crippen LogP contribution in [0.3, 0.4) is 0 Å². The number of rotatable bonds is 6. The highest BCUT2D eigenvalue weighted by Crippen LogP contribution is 2.25. The predicted molar refractivity (Wildman–Crippen MR) is 88.0 cm³/mol. The summed E-state index contributed by atoms with van der Waals surface area (Å²) in [5.41, 5.74) is 5.13. The Morgan fingerprint density at radius 3 is 3.00 bits per heavy atom. The summed E-state index contributed by atoms with van der Waals surface area (Å²) in [6.45, 7) is 2.87. The lowest BCUT2D eigenvalue weighted by atomic mass is 10.1. The van der Waals surface area contributed by atoms with E-state index >= 15 is 0 Å². The number of hydrogen-bond acceptors (Lipinski definition) is 2. The van der Waals surface area contributed by atoms with Crippen molar-refractivity contribution in [1.82, 2.24) is 9.97 Å². The number of hydrogen-bond donors (Lipinski definition) is 2. The van der Waals surface area contributed by atoms with Crippen LogP contribution in [0.4, 0.5) is 5.69 Å². The van der Waals surface area contributed by atoms with Gasteiger partial charge in [0.05, 0.1) is 12.2 Å². The van der Waals surface area contributed by atoms with Crippen LogP contribution in [-0.2, 0) is 25.8 Å². The van der Waals surface area contributed by atoms with Crippen molar-refractivity contribution in [3.05, 3.63) is 46.0 Å². The summed E-state index contributed by atoms with van der Waals surface area (Å²) in [7, 11) is 0. The Morgan fingerprint density at radius 1 is 1.29 bits per heavy atom. The van der Waals surface area contributed by atoms with E-state index < -0.39 is 0 Å². The lowest BCUT2D eigenvalue weighted by Crippen LogP contribution is -2.01. The molecule has 0 aliphatic heterocycles. The maximum atomic E-state index is 6.20. The molecular formula is C17H22ClN3. The van der Waals surface area contributed by atoms with E-state index in [2.05, 4.69) is 40.4 Å². The molecule has 3 rings (SSSR count). The lowest BCUT2D eigenvalue weighted by Gasteiger charge is -2.07. The number of aromatic amines is 1. The van der Waals surface area contributed by atoms with E-state index in [1.165, 1.54) is 36.8 Å². The molecule has 0 amide bonds. The summed E-state index contributed by atoms with van der Waals surface area (Å²) in [6, 6.07) is 6.67. The first-order valence-electron chi connectivity index (χ1n) is 7.85. The molecule has 2 aromatic rings. The van der Waals surface area contributed by atoms with Gasteiger partial charge in [0.15, 0.2) is 5.15 Å². The average Bonchev–Trinajstić information content (AvgIpc) is 3.08. The number of aromatic nitrogens is 2. The number of fused-ring (bicyclic) bond motifs is 1. The second-order valence-electron chi connectivity index (χ2n) is 5.75. The molecule has 1 aliphatic rings. The number of aryl methyl sites for hydroxylation is 3. The molecule has 112 valence electrons. The van der Waals surface area contributed by atoms with Crippen LogP contribution in [0, 0.1) is 0 Å². The molecule has 0 spiro atoms. The van der Waals surface area contributed by atoms with Crippen molar-refractivity contribution >= 4 is 17.3 Å². The molecule has 4 heteroatoms. The molecule has 1 aromatic heterocycles. The molecule has 0 radical (unpaired) electrons. The number of halogens is 1. The van der Waals surface area contributed by atoms with Gasteiger partial charge in [-0.2, -0.15) is 0 Å². The third-order valence-electron chi connectivity index (χ3n) is 4.11. The molecule has 1 aromatic carbocycles. The minimum atomic E-state index is 0.592. The van der Waals surface area contributed by atoms with E-state index in [1.54, 1.807) is 0 Å². The molecule has 3 nitrogen and oxygen atoms in total. The number of anilines is 1. The summed E-state index contributed by atoms with van der Waals surface area (Å²) >= 11 is 6.20. The highest BCUT2D eigenvalue weighted by molar-refractivity contribution is 6.30. The van der Waals surface area contributed by atoms with E-state index in [-0.39, 0.29) is 0 Å². The minimum absolute atomic E-state index is 0.592. The lowest BCUT2D eigenvalue weighted by molar-refractivity contribution is 0.760. The van der Waals surface area contributed by atoms with Crippen LogP contribution in [0.5, 0.6) is 0 Å². The molecular weight excluding hydrogens is 282 g/mol. The average molecular weight is 304 g/mol. The summed E-state index contributed by atoms with van der Waals surface area (Å²) in [4.78, 5) is 7.72. The predicted octanol–water partition coefficient (Wildman–Crippen LogP) is 4.51. The number of imidazole rings is 1. The fraction of sp³-hybridized carbons (Fsp3) is 0.471.